The molecule has 0 radical (unpaired) electrons. The number of carbonyl (C=O) groups excluding carboxylic acids is 1. The van der Waals surface area contributed by atoms with Gasteiger partial charge in [0.1, 0.15) is 4.88 Å². The van der Waals surface area contributed by atoms with Crippen LogP contribution in [-0.2, 0) is 11.2 Å². The Balaban J connectivity index is 2.25. The van der Waals surface area contributed by atoms with Gasteiger partial charge in [-0.1, -0.05) is 24.7 Å². The number of nitrogens with one attached hydrogen (secondary N) is 2. The molecule has 2 heterocycles. The molecule has 0 aliphatic carbocycles. The fourth-order valence-corrected chi connectivity index (χ4v) is 3.01. The molecule has 0 bridgehead atoms. The van der Waals surface area contributed by atoms with Crippen molar-refractivity contribution in [2.24, 2.45) is 0 Å². The fraction of sp³-hybridized carbons (Fsp3) is 0.467. The zero-order valence-electron chi connectivity index (χ0n) is 13.6. The lowest BCUT2D eigenvalue weighted by atomic mass is 10.1. The molecule has 2 rings (SSSR count). The molecule has 2 aromatic rings. The number of ether oxygens (including phenoxy) is 1. The number of aromatic nitrogens is 3. The summed E-state index contributed by atoms with van der Waals surface area (Å²) in [7, 11) is 0. The number of nitrogens with zero attached hydrogens (tertiary/aromatic N) is 2. The number of esters is 1. The number of H-pyrrole nitrogens is 1. The van der Waals surface area contributed by atoms with Gasteiger partial charge in [-0.05, 0) is 27.2 Å². The minimum absolute atomic E-state index is 0.152. The summed E-state index contributed by atoms with van der Waals surface area (Å²) >= 11 is 1.17. The van der Waals surface area contributed by atoms with Crippen LogP contribution >= 0.6 is 11.3 Å². The number of aryl methyl sites for hydroxylation is 2. The number of anilines is 2. The van der Waals surface area contributed by atoms with Gasteiger partial charge in [-0.15, -0.1) is 0 Å². The van der Waals surface area contributed by atoms with Gasteiger partial charge in [-0.25, -0.2) is 14.8 Å². The lowest BCUT2D eigenvalue weighted by Gasteiger charge is -2.06. The summed E-state index contributed by atoms with van der Waals surface area (Å²) in [5, 5.41) is 3.43. The summed E-state index contributed by atoms with van der Waals surface area (Å²) in [6, 6.07) is 0. The molecule has 0 aliphatic heterocycles. The van der Waals surface area contributed by atoms with Crippen molar-refractivity contribution in [1.82, 2.24) is 15.0 Å². The second-order valence-electron chi connectivity index (χ2n) is 5.01. The molecule has 2 N–H and O–H groups in total. The van der Waals surface area contributed by atoms with Crippen LogP contribution in [0, 0.1) is 13.8 Å². The molecule has 0 aliphatic rings. The number of hydrogen-bond donors (Lipinski definition) is 2. The van der Waals surface area contributed by atoms with Crippen molar-refractivity contribution >= 4 is 28.4 Å². The quantitative estimate of drug-likeness (QED) is 0.787. The van der Waals surface area contributed by atoms with Crippen LogP contribution < -0.4 is 10.9 Å². The molecule has 124 valence electrons. The molecule has 0 saturated heterocycles. The predicted molar refractivity (Wildman–Crippen MR) is 89.7 cm³/mol. The first kappa shape index (κ1) is 17.1. The predicted octanol–water partition coefficient (Wildman–Crippen LogP) is 2.72. The summed E-state index contributed by atoms with van der Waals surface area (Å²) in [5.74, 6) is -0.0806. The molecule has 0 atom stereocenters. The van der Waals surface area contributed by atoms with Gasteiger partial charge >= 0.3 is 5.97 Å². The highest BCUT2D eigenvalue weighted by Crippen LogP contribution is 2.25. The van der Waals surface area contributed by atoms with Crippen molar-refractivity contribution in [2.45, 2.75) is 40.5 Å². The Morgan fingerprint density at radius 3 is 2.61 bits per heavy atom. The third-order valence-electron chi connectivity index (χ3n) is 3.21. The lowest BCUT2D eigenvalue weighted by Crippen LogP contribution is -2.18. The Hall–Kier alpha value is -2.22. The molecular formula is C15H20N4O3S. The molecule has 2 aromatic heterocycles. The molecule has 0 amide bonds. The van der Waals surface area contributed by atoms with Crippen LogP contribution in [-0.4, -0.2) is 27.5 Å². The van der Waals surface area contributed by atoms with E-state index in [1.165, 1.54) is 11.3 Å². The monoisotopic (exact) mass is 336 g/mol. The molecule has 7 nitrogen and oxygen atoms in total. The number of carbonyl (C=O) groups is 1. The lowest BCUT2D eigenvalue weighted by molar-refractivity contribution is 0.0531. The van der Waals surface area contributed by atoms with Crippen molar-refractivity contribution in [3.63, 3.8) is 0 Å². The molecule has 0 aromatic carbocycles. The maximum Gasteiger partial charge on any atom is 0.350 e. The van der Waals surface area contributed by atoms with E-state index < -0.39 is 5.97 Å². The van der Waals surface area contributed by atoms with E-state index in [4.69, 9.17) is 4.74 Å². The minimum atomic E-state index is -0.397. The van der Waals surface area contributed by atoms with E-state index in [1.807, 2.05) is 13.8 Å². The highest BCUT2D eigenvalue weighted by Gasteiger charge is 2.17. The zero-order valence-corrected chi connectivity index (χ0v) is 14.5. The zero-order chi connectivity index (χ0) is 17.0. The first-order chi connectivity index (χ1) is 11.0. The van der Waals surface area contributed by atoms with Gasteiger partial charge in [0.2, 0.25) is 5.95 Å². The number of rotatable bonds is 6. The van der Waals surface area contributed by atoms with Crippen molar-refractivity contribution in [3.8, 4) is 0 Å². The van der Waals surface area contributed by atoms with Gasteiger partial charge in [-0.2, -0.15) is 0 Å². The molecule has 0 unspecified atom stereocenters. The van der Waals surface area contributed by atoms with Gasteiger partial charge in [-0.3, -0.25) is 9.78 Å². The molecule has 0 fully saturated rings. The van der Waals surface area contributed by atoms with E-state index in [1.54, 1.807) is 13.8 Å². The Morgan fingerprint density at radius 1 is 1.26 bits per heavy atom. The first-order valence-corrected chi connectivity index (χ1v) is 8.29. The van der Waals surface area contributed by atoms with Crippen LogP contribution in [0.15, 0.2) is 4.79 Å². The van der Waals surface area contributed by atoms with Crippen LogP contribution in [0.4, 0.5) is 11.1 Å². The van der Waals surface area contributed by atoms with Crippen LogP contribution in [0.1, 0.15) is 46.9 Å². The van der Waals surface area contributed by atoms with Crippen molar-refractivity contribution in [1.29, 1.82) is 0 Å². The van der Waals surface area contributed by atoms with Crippen molar-refractivity contribution in [2.75, 3.05) is 11.9 Å². The Labute approximate surface area is 138 Å². The summed E-state index contributed by atoms with van der Waals surface area (Å²) in [5.41, 5.74) is 1.82. The van der Waals surface area contributed by atoms with Crippen molar-refractivity contribution < 1.29 is 9.53 Å². The maximum absolute atomic E-state index is 12.1. The minimum Gasteiger partial charge on any atom is -0.462 e. The maximum atomic E-state index is 12.1. The highest BCUT2D eigenvalue weighted by atomic mass is 32.1. The molecular weight excluding hydrogens is 316 g/mol. The normalized spacial score (nSPS) is 10.6. The van der Waals surface area contributed by atoms with Gasteiger partial charge in [0.15, 0.2) is 5.13 Å². The summed E-state index contributed by atoms with van der Waals surface area (Å²) in [4.78, 5) is 35.7. The fourth-order valence-electron chi connectivity index (χ4n) is 2.15. The van der Waals surface area contributed by atoms with E-state index in [0.717, 1.165) is 6.42 Å². The molecule has 0 spiro atoms. The van der Waals surface area contributed by atoms with Crippen molar-refractivity contribution in [3.05, 3.63) is 32.2 Å². The Morgan fingerprint density at radius 2 is 2.00 bits per heavy atom. The standard InChI is InChI=1S/C15H20N4O3S/c1-5-7-10-8(3)16-14(18-12(10)20)19-15-17-9(4)11(23-15)13(21)22-6-2/h5-7H2,1-4H3,(H2,16,17,18,19,20). The van der Waals surface area contributed by atoms with Crippen LogP contribution in [0.25, 0.3) is 0 Å². The van der Waals surface area contributed by atoms with Gasteiger partial charge in [0, 0.05) is 11.3 Å². The second-order valence-corrected chi connectivity index (χ2v) is 6.01. The SMILES string of the molecule is CCCc1c(C)nc(Nc2nc(C)c(C(=O)OCC)s2)[nH]c1=O. The first-order valence-electron chi connectivity index (χ1n) is 7.47. The summed E-state index contributed by atoms with van der Waals surface area (Å²) in [6.45, 7) is 7.62. The molecule has 0 saturated carbocycles. The topological polar surface area (TPSA) is 97.0 Å². The second kappa shape index (κ2) is 7.36. The average Bonchev–Trinajstić information content (AvgIpc) is 2.84. The van der Waals surface area contributed by atoms with E-state index >= 15 is 0 Å². The Kier molecular flexibility index (Phi) is 5.49. The van der Waals surface area contributed by atoms with Gasteiger partial charge in [0.25, 0.3) is 5.56 Å². The summed E-state index contributed by atoms with van der Waals surface area (Å²) < 4.78 is 4.98. The van der Waals surface area contributed by atoms with Gasteiger partial charge < -0.3 is 10.1 Å². The van der Waals surface area contributed by atoms with Gasteiger partial charge in [0.05, 0.1) is 12.3 Å². The van der Waals surface area contributed by atoms with Crippen LogP contribution in [0.5, 0.6) is 0 Å². The Bertz CT molecular complexity index is 767. The smallest absolute Gasteiger partial charge is 0.350 e. The number of aromatic amines is 1. The van der Waals surface area contributed by atoms with E-state index in [2.05, 4.69) is 20.3 Å². The van der Waals surface area contributed by atoms with E-state index in [9.17, 15) is 9.59 Å². The van der Waals surface area contributed by atoms with E-state index in [-0.39, 0.29) is 5.56 Å². The summed E-state index contributed by atoms with van der Waals surface area (Å²) in [6.07, 6.45) is 1.57. The molecule has 23 heavy (non-hydrogen) atoms. The average molecular weight is 336 g/mol. The number of hydrogen-bond acceptors (Lipinski definition) is 7. The third kappa shape index (κ3) is 3.95. The number of thiazole rings is 1. The van der Waals surface area contributed by atoms with E-state index in [0.29, 0.717) is 45.9 Å². The highest BCUT2D eigenvalue weighted by molar-refractivity contribution is 7.17. The molecule has 8 heteroatoms. The van der Waals surface area contributed by atoms with Crippen LogP contribution in [0.2, 0.25) is 0 Å². The van der Waals surface area contributed by atoms with Crippen LogP contribution in [0.3, 0.4) is 0 Å². The third-order valence-corrected chi connectivity index (χ3v) is 4.26. The largest absolute Gasteiger partial charge is 0.462 e.